The van der Waals surface area contributed by atoms with Gasteiger partial charge in [0.2, 0.25) is 5.95 Å². The Morgan fingerprint density at radius 2 is 2.04 bits per heavy atom. The number of hydrogen-bond donors (Lipinski definition) is 1. The molecule has 0 aliphatic heterocycles. The molecule has 1 N–H and O–H groups in total. The first-order valence-electron chi connectivity index (χ1n) is 6.94. The predicted molar refractivity (Wildman–Crippen MR) is 89.9 cm³/mol. The van der Waals surface area contributed by atoms with Gasteiger partial charge in [0.25, 0.3) is 5.24 Å². The molecule has 0 aliphatic rings. The number of rotatable bonds is 4. The van der Waals surface area contributed by atoms with Crippen LogP contribution < -0.4 is 5.32 Å². The topological polar surface area (TPSA) is 67.8 Å². The largest absolute Gasteiger partial charge is 0.324 e. The van der Waals surface area contributed by atoms with Crippen molar-refractivity contribution >= 4 is 28.5 Å². The van der Waals surface area contributed by atoms with E-state index in [0.717, 1.165) is 22.5 Å². The summed E-state index contributed by atoms with van der Waals surface area (Å²) in [4.78, 5) is 24.1. The van der Waals surface area contributed by atoms with Crippen LogP contribution in [-0.4, -0.2) is 20.2 Å². The third-order valence-electron chi connectivity index (χ3n) is 3.32. The summed E-state index contributed by atoms with van der Waals surface area (Å²) in [6.45, 7) is 1.93. The van der Waals surface area contributed by atoms with Crippen LogP contribution in [0, 0.1) is 6.92 Å². The molecule has 0 saturated heterocycles. The van der Waals surface area contributed by atoms with E-state index in [1.165, 1.54) is 0 Å². The highest BCUT2D eigenvalue weighted by Gasteiger charge is 2.08. The van der Waals surface area contributed by atoms with Crippen LogP contribution in [-0.2, 0) is 0 Å². The molecule has 1 aromatic carbocycles. The summed E-state index contributed by atoms with van der Waals surface area (Å²) < 4.78 is 0. The smallest absolute Gasteiger partial charge is 0.252 e. The minimum Gasteiger partial charge on any atom is -0.324 e. The Bertz CT molecular complexity index is 852. The molecule has 0 spiro atoms. The zero-order valence-corrected chi connectivity index (χ0v) is 13.1. The Hall–Kier alpha value is -2.79. The number of nitrogens with zero attached hydrogens (tertiary/aromatic N) is 3. The lowest BCUT2D eigenvalue weighted by molar-refractivity contribution is 0.108. The minimum atomic E-state index is -0.502. The van der Waals surface area contributed by atoms with Crippen molar-refractivity contribution in [2.45, 2.75) is 6.92 Å². The maximum atomic E-state index is 11.3. The highest BCUT2D eigenvalue weighted by Crippen LogP contribution is 2.22. The molecular weight excluding hydrogens is 312 g/mol. The van der Waals surface area contributed by atoms with Gasteiger partial charge in [0.15, 0.2) is 0 Å². The average Bonchev–Trinajstić information content (AvgIpc) is 2.58. The van der Waals surface area contributed by atoms with Gasteiger partial charge in [-0.05, 0) is 54.4 Å². The molecule has 0 bridgehead atoms. The van der Waals surface area contributed by atoms with Gasteiger partial charge in [-0.25, -0.2) is 9.97 Å². The number of halogens is 1. The number of aromatic nitrogens is 3. The van der Waals surface area contributed by atoms with Gasteiger partial charge in [-0.1, -0.05) is 6.07 Å². The molecule has 3 rings (SSSR count). The highest BCUT2D eigenvalue weighted by molar-refractivity contribution is 6.67. The number of nitrogens with one attached hydrogen (secondary N) is 1. The number of benzene rings is 1. The van der Waals surface area contributed by atoms with E-state index in [1.54, 1.807) is 30.7 Å². The molecule has 3 aromatic rings. The average molecular weight is 325 g/mol. The van der Waals surface area contributed by atoms with E-state index in [-0.39, 0.29) is 0 Å². The van der Waals surface area contributed by atoms with Crippen LogP contribution in [0.4, 0.5) is 11.6 Å². The SMILES string of the molecule is Cc1ccc(C(=O)Cl)cc1Nc1nccc(-c2cccnc2)n1. The van der Waals surface area contributed by atoms with E-state index in [1.807, 2.05) is 31.2 Å². The van der Waals surface area contributed by atoms with Gasteiger partial charge in [0, 0.05) is 35.4 Å². The van der Waals surface area contributed by atoms with Crippen molar-refractivity contribution < 1.29 is 4.79 Å². The van der Waals surface area contributed by atoms with Crippen molar-refractivity contribution in [2.24, 2.45) is 0 Å². The second kappa shape index (κ2) is 6.54. The van der Waals surface area contributed by atoms with Crippen LogP contribution in [0.3, 0.4) is 0 Å². The van der Waals surface area contributed by atoms with Gasteiger partial charge >= 0.3 is 0 Å². The second-order valence-corrected chi connectivity index (χ2v) is 5.28. The normalized spacial score (nSPS) is 10.3. The fourth-order valence-corrected chi connectivity index (χ4v) is 2.21. The fraction of sp³-hybridized carbons (Fsp3) is 0.0588. The van der Waals surface area contributed by atoms with E-state index in [9.17, 15) is 4.79 Å². The zero-order chi connectivity index (χ0) is 16.2. The lowest BCUT2D eigenvalue weighted by atomic mass is 10.1. The van der Waals surface area contributed by atoms with Gasteiger partial charge in [-0.2, -0.15) is 0 Å². The van der Waals surface area contributed by atoms with Crippen LogP contribution in [0.15, 0.2) is 55.0 Å². The number of anilines is 2. The zero-order valence-electron chi connectivity index (χ0n) is 12.3. The van der Waals surface area contributed by atoms with Crippen molar-refractivity contribution in [1.82, 2.24) is 15.0 Å². The lowest BCUT2D eigenvalue weighted by Gasteiger charge is -2.10. The monoisotopic (exact) mass is 324 g/mol. The van der Waals surface area contributed by atoms with E-state index < -0.39 is 5.24 Å². The van der Waals surface area contributed by atoms with E-state index in [2.05, 4.69) is 20.3 Å². The molecule has 0 saturated carbocycles. The van der Waals surface area contributed by atoms with Crippen LogP contribution in [0.5, 0.6) is 0 Å². The summed E-state index contributed by atoms with van der Waals surface area (Å²) in [6.07, 6.45) is 5.12. The Labute approximate surface area is 138 Å². The summed E-state index contributed by atoms with van der Waals surface area (Å²) in [5, 5.41) is 2.62. The van der Waals surface area contributed by atoms with E-state index in [0.29, 0.717) is 11.5 Å². The molecule has 5 nitrogen and oxygen atoms in total. The molecule has 0 aliphatic carbocycles. The lowest BCUT2D eigenvalue weighted by Crippen LogP contribution is -2.01. The van der Waals surface area contributed by atoms with Gasteiger partial charge in [-0.3, -0.25) is 9.78 Å². The highest BCUT2D eigenvalue weighted by atomic mass is 35.5. The first-order valence-corrected chi connectivity index (χ1v) is 7.32. The standard InChI is InChI=1S/C17H13ClN4O/c1-11-4-5-12(16(18)23)9-15(11)22-17-20-8-6-14(21-17)13-3-2-7-19-10-13/h2-10H,1H3,(H,20,21,22). The van der Waals surface area contributed by atoms with Gasteiger partial charge < -0.3 is 5.32 Å². The van der Waals surface area contributed by atoms with Crippen molar-refractivity contribution in [3.05, 3.63) is 66.1 Å². The molecule has 0 fully saturated rings. The molecule has 114 valence electrons. The Morgan fingerprint density at radius 3 is 2.78 bits per heavy atom. The third kappa shape index (κ3) is 3.52. The predicted octanol–water partition coefficient (Wildman–Crippen LogP) is 3.97. The number of pyridine rings is 1. The van der Waals surface area contributed by atoms with Crippen LogP contribution >= 0.6 is 11.6 Å². The van der Waals surface area contributed by atoms with Gasteiger partial charge in [-0.15, -0.1) is 0 Å². The quantitative estimate of drug-likeness (QED) is 0.735. The van der Waals surface area contributed by atoms with E-state index >= 15 is 0 Å². The summed E-state index contributed by atoms with van der Waals surface area (Å²) in [6, 6.07) is 10.8. The Balaban J connectivity index is 1.92. The number of aryl methyl sites for hydroxylation is 1. The Kier molecular flexibility index (Phi) is 4.30. The molecule has 6 heteroatoms. The number of carbonyl (C=O) groups excluding carboxylic acids is 1. The molecule has 2 heterocycles. The summed E-state index contributed by atoms with van der Waals surface area (Å²) in [7, 11) is 0. The second-order valence-electron chi connectivity index (χ2n) is 4.94. The molecule has 0 unspecified atom stereocenters. The minimum absolute atomic E-state index is 0.420. The molecular formula is C17H13ClN4O. The van der Waals surface area contributed by atoms with Crippen molar-refractivity contribution in [2.75, 3.05) is 5.32 Å². The van der Waals surface area contributed by atoms with E-state index in [4.69, 9.17) is 11.6 Å². The maximum Gasteiger partial charge on any atom is 0.252 e. The molecule has 23 heavy (non-hydrogen) atoms. The van der Waals surface area contributed by atoms with Crippen LogP contribution in [0.2, 0.25) is 0 Å². The van der Waals surface area contributed by atoms with Crippen molar-refractivity contribution in [1.29, 1.82) is 0 Å². The molecule has 0 amide bonds. The van der Waals surface area contributed by atoms with Crippen LogP contribution in [0.25, 0.3) is 11.3 Å². The summed E-state index contributed by atoms with van der Waals surface area (Å²) in [5.74, 6) is 0.439. The maximum absolute atomic E-state index is 11.3. The molecule has 0 atom stereocenters. The Morgan fingerprint density at radius 1 is 1.17 bits per heavy atom. The summed E-state index contributed by atoms with van der Waals surface area (Å²) >= 11 is 5.53. The summed E-state index contributed by atoms with van der Waals surface area (Å²) in [5.41, 5.74) is 3.78. The van der Waals surface area contributed by atoms with Gasteiger partial charge in [0.1, 0.15) is 0 Å². The first-order chi connectivity index (χ1) is 11.1. The third-order valence-corrected chi connectivity index (χ3v) is 3.54. The molecule has 2 aromatic heterocycles. The van der Waals surface area contributed by atoms with Crippen molar-refractivity contribution in [3.63, 3.8) is 0 Å². The number of hydrogen-bond acceptors (Lipinski definition) is 5. The fourth-order valence-electron chi connectivity index (χ4n) is 2.09. The van der Waals surface area contributed by atoms with Crippen molar-refractivity contribution in [3.8, 4) is 11.3 Å². The first kappa shape index (κ1) is 15.1. The van der Waals surface area contributed by atoms with Gasteiger partial charge in [0.05, 0.1) is 5.69 Å². The van der Waals surface area contributed by atoms with Crippen LogP contribution in [0.1, 0.15) is 15.9 Å². The number of carbonyl (C=O) groups is 1. The molecule has 0 radical (unpaired) electrons.